The molecule has 0 radical (unpaired) electrons. The van der Waals surface area contributed by atoms with Crippen molar-refractivity contribution in [2.24, 2.45) is 0 Å². The van der Waals surface area contributed by atoms with Gasteiger partial charge < -0.3 is 10.1 Å². The van der Waals surface area contributed by atoms with E-state index in [0.29, 0.717) is 17.2 Å². The number of halogens is 1. The average Bonchev–Trinajstić information content (AvgIpc) is 2.58. The minimum Gasteiger partial charge on any atom is -0.439 e. The third kappa shape index (κ3) is 4.26. The van der Waals surface area contributed by atoms with Gasteiger partial charge in [0.15, 0.2) is 0 Å². The highest BCUT2D eigenvalue weighted by Gasteiger charge is 2.12. The zero-order valence-corrected chi connectivity index (χ0v) is 16.3. The molecule has 0 spiro atoms. The highest BCUT2D eigenvalue weighted by atomic mass is 79.9. The molecule has 0 saturated carbocycles. The van der Waals surface area contributed by atoms with Gasteiger partial charge >= 0.3 is 0 Å². The number of ether oxygens (including phenoxy) is 1. The number of nitrogens with zero attached hydrogens (tertiary/aromatic N) is 2. The summed E-state index contributed by atoms with van der Waals surface area (Å²) in [5.41, 5.74) is 3.87. The molecule has 1 aromatic carbocycles. The van der Waals surface area contributed by atoms with E-state index in [1.165, 1.54) is 6.20 Å². The SMILES string of the molecule is Cc1cc(C)c(NC(=O)c2ccc(Oc3cccc(Br)c3)nc2)c(C)n1. The Bertz CT molecular complexity index is 933. The highest BCUT2D eigenvalue weighted by molar-refractivity contribution is 9.10. The van der Waals surface area contributed by atoms with E-state index in [4.69, 9.17) is 4.74 Å². The number of hydrogen-bond acceptors (Lipinski definition) is 4. The van der Waals surface area contributed by atoms with E-state index in [1.807, 2.05) is 51.1 Å². The Morgan fingerprint density at radius 3 is 2.58 bits per heavy atom. The average molecular weight is 412 g/mol. The Hall–Kier alpha value is -2.73. The number of benzene rings is 1. The lowest BCUT2D eigenvalue weighted by molar-refractivity contribution is 0.102. The van der Waals surface area contributed by atoms with Crippen LogP contribution in [-0.4, -0.2) is 15.9 Å². The van der Waals surface area contributed by atoms with Crippen LogP contribution in [0.15, 0.2) is 53.1 Å². The van der Waals surface area contributed by atoms with Crippen molar-refractivity contribution in [3.05, 3.63) is 75.6 Å². The van der Waals surface area contributed by atoms with Crippen LogP contribution in [0.5, 0.6) is 11.6 Å². The largest absolute Gasteiger partial charge is 0.439 e. The predicted molar refractivity (Wildman–Crippen MR) is 105 cm³/mol. The van der Waals surface area contributed by atoms with E-state index in [1.54, 1.807) is 12.1 Å². The molecule has 6 heteroatoms. The van der Waals surface area contributed by atoms with Crippen LogP contribution < -0.4 is 10.1 Å². The van der Waals surface area contributed by atoms with Crippen LogP contribution in [0.25, 0.3) is 0 Å². The summed E-state index contributed by atoms with van der Waals surface area (Å²) in [6, 6.07) is 12.8. The summed E-state index contributed by atoms with van der Waals surface area (Å²) in [7, 11) is 0. The maximum atomic E-state index is 12.5. The number of carbonyl (C=O) groups excluding carboxylic acids is 1. The summed E-state index contributed by atoms with van der Waals surface area (Å²) in [5, 5.41) is 2.91. The number of nitrogens with one attached hydrogen (secondary N) is 1. The third-order valence-corrected chi connectivity index (χ3v) is 4.27. The van der Waals surface area contributed by atoms with E-state index in [0.717, 1.165) is 27.1 Å². The molecule has 3 rings (SSSR count). The molecule has 3 aromatic rings. The third-order valence-electron chi connectivity index (χ3n) is 3.78. The molecule has 0 aliphatic heterocycles. The summed E-state index contributed by atoms with van der Waals surface area (Å²) in [6.45, 7) is 5.76. The fourth-order valence-corrected chi connectivity index (χ4v) is 3.00. The highest BCUT2D eigenvalue weighted by Crippen LogP contribution is 2.24. The van der Waals surface area contributed by atoms with Gasteiger partial charge in [0.25, 0.3) is 5.91 Å². The number of carbonyl (C=O) groups is 1. The zero-order valence-electron chi connectivity index (χ0n) is 14.7. The van der Waals surface area contributed by atoms with Crippen molar-refractivity contribution < 1.29 is 9.53 Å². The predicted octanol–water partition coefficient (Wildman–Crippen LogP) is 5.21. The van der Waals surface area contributed by atoms with Gasteiger partial charge in [-0.05, 0) is 56.7 Å². The lowest BCUT2D eigenvalue weighted by atomic mass is 10.1. The van der Waals surface area contributed by atoms with Gasteiger partial charge in [-0.3, -0.25) is 9.78 Å². The standard InChI is InChI=1S/C20H18BrN3O2/c1-12-9-13(2)23-14(3)19(12)24-20(25)15-7-8-18(22-11-15)26-17-6-4-5-16(21)10-17/h4-11H,1-3H3,(H,24,25). The Kier molecular flexibility index (Phi) is 5.32. The molecule has 0 aliphatic rings. The molecule has 0 saturated heterocycles. The molecule has 0 unspecified atom stereocenters. The van der Waals surface area contributed by atoms with Crippen LogP contribution in [0.2, 0.25) is 0 Å². The molecule has 1 amide bonds. The minimum absolute atomic E-state index is 0.233. The Morgan fingerprint density at radius 1 is 1.12 bits per heavy atom. The monoisotopic (exact) mass is 411 g/mol. The number of anilines is 1. The lowest BCUT2D eigenvalue weighted by Crippen LogP contribution is -2.15. The van der Waals surface area contributed by atoms with Crippen LogP contribution in [0, 0.1) is 20.8 Å². The Balaban J connectivity index is 1.73. The maximum Gasteiger partial charge on any atom is 0.257 e. The number of hydrogen-bond donors (Lipinski definition) is 1. The molecule has 0 fully saturated rings. The second kappa shape index (κ2) is 7.66. The second-order valence-corrected chi connectivity index (χ2v) is 6.86. The van der Waals surface area contributed by atoms with Gasteiger partial charge in [-0.15, -0.1) is 0 Å². The van der Waals surface area contributed by atoms with Gasteiger partial charge in [0, 0.05) is 22.4 Å². The van der Waals surface area contributed by atoms with Gasteiger partial charge in [-0.2, -0.15) is 0 Å². The van der Waals surface area contributed by atoms with Crippen LogP contribution in [0.4, 0.5) is 5.69 Å². The van der Waals surface area contributed by atoms with Gasteiger partial charge in [0.1, 0.15) is 5.75 Å². The Morgan fingerprint density at radius 2 is 1.92 bits per heavy atom. The molecule has 0 bridgehead atoms. The lowest BCUT2D eigenvalue weighted by Gasteiger charge is -2.12. The molecule has 0 aliphatic carbocycles. The first-order valence-corrected chi connectivity index (χ1v) is 8.87. The molecule has 5 nitrogen and oxygen atoms in total. The molecule has 1 N–H and O–H groups in total. The van der Waals surface area contributed by atoms with Gasteiger partial charge in [0.05, 0.1) is 16.9 Å². The number of pyridine rings is 2. The molecule has 2 heterocycles. The fourth-order valence-electron chi connectivity index (χ4n) is 2.62. The molecular formula is C20H18BrN3O2. The van der Waals surface area contributed by atoms with E-state index < -0.39 is 0 Å². The van der Waals surface area contributed by atoms with E-state index in [2.05, 4.69) is 31.2 Å². The molecule has 132 valence electrons. The topological polar surface area (TPSA) is 64.1 Å². The second-order valence-electron chi connectivity index (χ2n) is 5.94. The van der Waals surface area contributed by atoms with Crippen LogP contribution in [-0.2, 0) is 0 Å². The van der Waals surface area contributed by atoms with Gasteiger partial charge in [-0.1, -0.05) is 22.0 Å². The Labute approximate surface area is 160 Å². The van der Waals surface area contributed by atoms with Crippen molar-refractivity contribution in [3.8, 4) is 11.6 Å². The summed E-state index contributed by atoms with van der Waals surface area (Å²) in [5.74, 6) is 0.855. The first-order valence-electron chi connectivity index (χ1n) is 8.08. The van der Waals surface area contributed by atoms with Crippen molar-refractivity contribution in [1.29, 1.82) is 0 Å². The van der Waals surface area contributed by atoms with Crippen LogP contribution >= 0.6 is 15.9 Å². The molecular weight excluding hydrogens is 394 g/mol. The van der Waals surface area contributed by atoms with E-state index in [9.17, 15) is 4.79 Å². The van der Waals surface area contributed by atoms with Crippen molar-refractivity contribution >= 4 is 27.5 Å². The summed E-state index contributed by atoms with van der Waals surface area (Å²) >= 11 is 3.40. The summed E-state index contributed by atoms with van der Waals surface area (Å²) in [6.07, 6.45) is 1.49. The quantitative estimate of drug-likeness (QED) is 0.639. The van der Waals surface area contributed by atoms with Crippen molar-refractivity contribution in [2.75, 3.05) is 5.32 Å². The van der Waals surface area contributed by atoms with Crippen molar-refractivity contribution in [3.63, 3.8) is 0 Å². The minimum atomic E-state index is -0.233. The van der Waals surface area contributed by atoms with Crippen LogP contribution in [0.3, 0.4) is 0 Å². The van der Waals surface area contributed by atoms with Gasteiger partial charge in [0.2, 0.25) is 5.88 Å². The van der Waals surface area contributed by atoms with Gasteiger partial charge in [-0.25, -0.2) is 4.98 Å². The molecule has 26 heavy (non-hydrogen) atoms. The first kappa shape index (κ1) is 18.1. The smallest absolute Gasteiger partial charge is 0.257 e. The number of rotatable bonds is 4. The fraction of sp³-hybridized carbons (Fsp3) is 0.150. The van der Waals surface area contributed by atoms with E-state index in [-0.39, 0.29) is 5.91 Å². The summed E-state index contributed by atoms with van der Waals surface area (Å²) in [4.78, 5) is 21.1. The number of amides is 1. The number of aryl methyl sites for hydroxylation is 3. The van der Waals surface area contributed by atoms with Crippen LogP contribution in [0.1, 0.15) is 27.3 Å². The zero-order chi connectivity index (χ0) is 18.7. The van der Waals surface area contributed by atoms with Crippen molar-refractivity contribution in [1.82, 2.24) is 9.97 Å². The maximum absolute atomic E-state index is 12.5. The summed E-state index contributed by atoms with van der Waals surface area (Å²) < 4.78 is 6.60. The molecule has 0 atom stereocenters. The normalized spacial score (nSPS) is 10.5. The first-order chi connectivity index (χ1) is 12.4. The van der Waals surface area contributed by atoms with E-state index >= 15 is 0 Å². The molecule has 2 aromatic heterocycles. The van der Waals surface area contributed by atoms with Crippen molar-refractivity contribution in [2.45, 2.75) is 20.8 Å². The number of aromatic nitrogens is 2.